The average Bonchev–Trinajstić information content (AvgIpc) is 4.36. The van der Waals surface area contributed by atoms with E-state index in [1.54, 1.807) is 0 Å². The first-order chi connectivity index (χ1) is 39.4. The predicted molar refractivity (Wildman–Crippen MR) is 326 cm³/mol. The minimum atomic E-state index is -0.940. The van der Waals surface area contributed by atoms with Gasteiger partial charge in [-0.2, -0.15) is 0 Å². The summed E-state index contributed by atoms with van der Waals surface area (Å²) in [5.74, 6) is -3.72. The number of carboxylic acids is 4. The highest BCUT2D eigenvalue weighted by atomic mass is 16.5. The van der Waals surface area contributed by atoms with Crippen LogP contribution in [0.5, 0.6) is 0 Å². The first-order valence-corrected chi connectivity index (χ1v) is 28.2. The van der Waals surface area contributed by atoms with Crippen molar-refractivity contribution < 1.29 is 44.3 Å². The van der Waals surface area contributed by atoms with E-state index in [-0.39, 0.29) is 51.4 Å². The SMILES string of the molecule is CC1=C(CCC(=O)O)c2cc3nc(cc4[nH]c(cc5[nH]c(cc1n2)c(C)c5C)c(C)c4C(C)OC(C)c1c(C)c2cc4[nH]c(cc5nc(cc6nc(cc1[nH]2)C(C)=C6CCC(=O)O)C(CCC(=O)O)=C5C)c(C)c4C)C(C)=C3CCC(=O)O. The average molecular weight is 1120 g/mol. The van der Waals surface area contributed by atoms with Crippen molar-refractivity contribution in [1.29, 1.82) is 0 Å². The monoisotopic (exact) mass is 1120 g/mol. The number of aryl methyl sites for hydroxylation is 6. The minimum Gasteiger partial charge on any atom is -0.481 e. The number of allylic oxidation sites excluding steroid dienone is 8. The van der Waals surface area contributed by atoms with Gasteiger partial charge in [-0.05, 0) is 235 Å². The molecule has 0 spiro atoms. The lowest BCUT2D eigenvalue weighted by Crippen LogP contribution is -2.07. The largest absolute Gasteiger partial charge is 0.481 e. The van der Waals surface area contributed by atoms with Gasteiger partial charge in [-0.25, -0.2) is 19.9 Å². The molecule has 0 fully saturated rings. The summed E-state index contributed by atoms with van der Waals surface area (Å²) in [5.41, 5.74) is 26.1. The maximum atomic E-state index is 12.1. The van der Waals surface area contributed by atoms with Gasteiger partial charge in [-0.15, -0.1) is 0 Å². The third-order valence-electron chi connectivity index (χ3n) is 17.4. The normalized spacial score (nSPS) is 14.3. The Morgan fingerprint density at radius 1 is 0.349 bits per heavy atom. The number of nitrogens with zero attached hydrogens (tertiary/aromatic N) is 4. The van der Waals surface area contributed by atoms with Crippen LogP contribution in [0, 0.1) is 41.5 Å². The van der Waals surface area contributed by atoms with Crippen LogP contribution in [0.25, 0.3) is 88.7 Å². The number of carbonyl (C=O) groups is 4. The molecule has 0 saturated heterocycles. The fraction of sp³-hybridized carbons (Fsp3) is 0.333. The third-order valence-corrected chi connectivity index (χ3v) is 17.4. The molecule has 2 unspecified atom stereocenters. The zero-order valence-electron chi connectivity index (χ0n) is 49.0. The molecule has 4 aliphatic rings. The summed E-state index contributed by atoms with van der Waals surface area (Å²) >= 11 is 0. The van der Waals surface area contributed by atoms with Crippen LogP contribution in [-0.2, 0) is 23.9 Å². The van der Waals surface area contributed by atoms with Crippen LogP contribution in [-0.4, -0.2) is 84.2 Å². The predicted octanol–water partition coefficient (Wildman–Crippen LogP) is 14.8. The Morgan fingerprint density at radius 2 is 0.578 bits per heavy atom. The number of aromatic nitrogens is 8. The molecule has 17 heteroatoms. The second-order valence-electron chi connectivity index (χ2n) is 22.5. The maximum Gasteiger partial charge on any atom is 0.303 e. The molecule has 428 valence electrons. The highest BCUT2D eigenvalue weighted by Gasteiger charge is 2.28. The van der Waals surface area contributed by atoms with Gasteiger partial charge in [0.2, 0.25) is 0 Å². The third kappa shape index (κ3) is 11.0. The van der Waals surface area contributed by atoms with Gasteiger partial charge in [0, 0.05) is 80.9 Å². The van der Waals surface area contributed by atoms with E-state index in [0.29, 0.717) is 45.6 Å². The quantitative estimate of drug-likeness (QED) is 0.0448. The van der Waals surface area contributed by atoms with E-state index in [9.17, 15) is 39.6 Å². The molecule has 2 atom stereocenters. The summed E-state index contributed by atoms with van der Waals surface area (Å²) in [7, 11) is 0. The lowest BCUT2D eigenvalue weighted by Gasteiger charge is -2.21. The number of rotatable bonds is 16. The molecule has 10 heterocycles. The zero-order valence-corrected chi connectivity index (χ0v) is 49.0. The van der Waals surface area contributed by atoms with E-state index in [1.807, 2.05) is 77.9 Å². The Hall–Kier alpha value is -8.96. The van der Waals surface area contributed by atoms with Gasteiger partial charge in [0.25, 0.3) is 0 Å². The first-order valence-electron chi connectivity index (χ1n) is 28.2. The Morgan fingerprint density at radius 3 is 0.843 bits per heavy atom. The number of H-pyrrole nitrogens is 4. The molecule has 16 bridgehead atoms. The van der Waals surface area contributed by atoms with Crippen LogP contribution >= 0.6 is 0 Å². The van der Waals surface area contributed by atoms with E-state index in [4.69, 9.17) is 24.7 Å². The second kappa shape index (κ2) is 22.4. The molecular weight excluding hydrogens is 1050 g/mol. The summed E-state index contributed by atoms with van der Waals surface area (Å²) in [6.45, 7) is 24.3. The van der Waals surface area contributed by atoms with Gasteiger partial charge in [0.15, 0.2) is 0 Å². The fourth-order valence-corrected chi connectivity index (χ4v) is 12.2. The molecule has 6 aromatic rings. The van der Waals surface area contributed by atoms with Crippen molar-refractivity contribution in [3.63, 3.8) is 0 Å². The highest BCUT2D eigenvalue weighted by Crippen LogP contribution is 2.43. The van der Waals surface area contributed by atoms with E-state index < -0.39 is 36.1 Å². The van der Waals surface area contributed by atoms with E-state index in [2.05, 4.69) is 73.6 Å². The lowest BCUT2D eigenvalue weighted by molar-refractivity contribution is -0.137. The molecule has 0 radical (unpaired) electrons. The highest BCUT2D eigenvalue weighted by molar-refractivity contribution is 5.99. The van der Waals surface area contributed by atoms with Crippen LogP contribution in [0.3, 0.4) is 0 Å². The Balaban J connectivity index is 1.17. The van der Waals surface area contributed by atoms with Crippen molar-refractivity contribution in [3.05, 3.63) is 139 Å². The summed E-state index contributed by atoms with van der Waals surface area (Å²) in [6.07, 6.45) is -0.541. The van der Waals surface area contributed by atoms with Crippen molar-refractivity contribution in [2.45, 2.75) is 147 Å². The minimum absolute atomic E-state index is 0.0902. The van der Waals surface area contributed by atoms with Gasteiger partial charge in [-0.1, -0.05) is 0 Å². The van der Waals surface area contributed by atoms with Crippen molar-refractivity contribution >= 4 is 113 Å². The van der Waals surface area contributed by atoms with E-state index in [1.165, 1.54) is 0 Å². The molecule has 0 saturated carbocycles. The molecule has 8 N–H and O–H groups in total. The summed E-state index contributed by atoms with van der Waals surface area (Å²) in [6, 6.07) is 15.9. The number of nitrogens with one attached hydrogen (secondary N) is 4. The number of aromatic amines is 4. The summed E-state index contributed by atoms with van der Waals surface area (Å²) in [5, 5.41) is 39.4. The van der Waals surface area contributed by atoms with Crippen molar-refractivity contribution in [2.75, 3.05) is 0 Å². The molecule has 17 nitrogen and oxygen atoms in total. The first kappa shape index (κ1) is 57.3. The topological polar surface area (TPSA) is 273 Å². The molecule has 10 rings (SSSR count). The Bertz CT molecular complexity index is 4030. The standard InChI is InChI=1S/C66H70N8O9/c1-29-31(3)47-23-53-37(9)65(59(73-53)25-51-35(7)43(15-19-63(79)80)57(71-51)27-55-41(13-17-61(75)76)33(5)49(69-55)21-45(29)67-47)39(11)83-40(12)66-38(10)54-24-48-32(4)30(2)46(68-48)22-50-34(6)42(14-18-62(77)78)56(70-50)28-58-44(16-20-64(81)82)36(8)52(72-58)26-60(66)74-54/h21-28,39-40,67-68,73-74H,13-20H2,1-12H3,(H,75,76)(H,77,78)(H,79,80)(H,81,82). The van der Waals surface area contributed by atoms with Crippen LogP contribution in [0.4, 0.5) is 0 Å². The van der Waals surface area contributed by atoms with E-state index in [0.717, 1.165) is 133 Å². The van der Waals surface area contributed by atoms with Crippen molar-refractivity contribution in [3.8, 4) is 0 Å². The number of ether oxygens (including phenoxy) is 1. The second-order valence-corrected chi connectivity index (χ2v) is 22.5. The Kier molecular flexibility index (Phi) is 15.5. The zero-order chi connectivity index (χ0) is 59.6. The number of fused-ring (bicyclic) bond motifs is 16. The van der Waals surface area contributed by atoms with Crippen LogP contribution in [0.1, 0.15) is 195 Å². The molecule has 0 aliphatic carbocycles. The molecule has 0 aromatic carbocycles. The molecular formula is C66H70N8O9. The summed E-state index contributed by atoms with van der Waals surface area (Å²) < 4.78 is 7.28. The van der Waals surface area contributed by atoms with Crippen molar-refractivity contribution in [2.24, 2.45) is 0 Å². The maximum absolute atomic E-state index is 12.1. The van der Waals surface area contributed by atoms with E-state index >= 15 is 0 Å². The van der Waals surface area contributed by atoms with Crippen LogP contribution in [0.15, 0.2) is 48.5 Å². The fourth-order valence-electron chi connectivity index (χ4n) is 12.2. The molecule has 83 heavy (non-hydrogen) atoms. The lowest BCUT2D eigenvalue weighted by atomic mass is 9.98. The molecule has 4 aliphatic heterocycles. The molecule has 6 aromatic heterocycles. The number of carboxylic acid groups (broad SMARTS) is 4. The van der Waals surface area contributed by atoms with Gasteiger partial charge in [0.05, 0.1) is 57.8 Å². The van der Waals surface area contributed by atoms with Gasteiger partial charge < -0.3 is 45.1 Å². The van der Waals surface area contributed by atoms with Crippen LogP contribution in [0.2, 0.25) is 0 Å². The summed E-state index contributed by atoms with van der Waals surface area (Å²) in [4.78, 5) is 83.4. The van der Waals surface area contributed by atoms with Gasteiger partial charge >= 0.3 is 23.9 Å². The number of hydrogen-bond donors (Lipinski definition) is 8. The van der Waals surface area contributed by atoms with Gasteiger partial charge in [0.1, 0.15) is 0 Å². The molecule has 0 amide bonds. The Labute approximate surface area is 480 Å². The van der Waals surface area contributed by atoms with Crippen LogP contribution < -0.4 is 0 Å². The number of aliphatic carboxylic acids is 4. The number of hydrogen-bond acceptors (Lipinski definition) is 9. The van der Waals surface area contributed by atoms with Gasteiger partial charge in [-0.3, -0.25) is 19.2 Å². The van der Waals surface area contributed by atoms with Crippen molar-refractivity contribution in [1.82, 2.24) is 39.9 Å². The smallest absolute Gasteiger partial charge is 0.303 e.